The summed E-state index contributed by atoms with van der Waals surface area (Å²) < 4.78 is 6.55. The van der Waals surface area contributed by atoms with Gasteiger partial charge < -0.3 is 14.5 Å². The first kappa shape index (κ1) is 16.0. The minimum absolute atomic E-state index is 0.106. The number of piperidine rings is 1. The highest BCUT2D eigenvalue weighted by Crippen LogP contribution is 2.28. The molecule has 0 N–H and O–H groups in total. The van der Waals surface area contributed by atoms with Gasteiger partial charge in [0.1, 0.15) is 5.82 Å². The quantitative estimate of drug-likeness (QED) is 0.781. The molecule has 120 valence electrons. The SMILES string of the molecule is O=C(C1CN(c2ncc(Cl)cc2Br)CCO1)N1CCCCC1. The number of hydrogen-bond donors (Lipinski definition) is 0. The van der Waals surface area contributed by atoms with Gasteiger partial charge in [-0.15, -0.1) is 0 Å². The normalized spacial score (nSPS) is 22.7. The van der Waals surface area contributed by atoms with Crippen LogP contribution >= 0.6 is 27.5 Å². The van der Waals surface area contributed by atoms with Crippen molar-refractivity contribution in [3.8, 4) is 0 Å². The van der Waals surface area contributed by atoms with E-state index in [1.165, 1.54) is 6.42 Å². The molecular weight excluding hydrogens is 370 g/mol. The number of morpholine rings is 1. The summed E-state index contributed by atoms with van der Waals surface area (Å²) >= 11 is 9.43. The lowest BCUT2D eigenvalue weighted by molar-refractivity contribution is -0.145. The molecule has 2 saturated heterocycles. The van der Waals surface area contributed by atoms with Crippen LogP contribution in [0.3, 0.4) is 0 Å². The van der Waals surface area contributed by atoms with Crippen LogP contribution in [0.15, 0.2) is 16.7 Å². The Morgan fingerprint density at radius 1 is 1.32 bits per heavy atom. The fraction of sp³-hybridized carbons (Fsp3) is 0.600. The van der Waals surface area contributed by atoms with Gasteiger partial charge >= 0.3 is 0 Å². The number of nitrogens with zero attached hydrogens (tertiary/aromatic N) is 3. The smallest absolute Gasteiger partial charge is 0.253 e. The Balaban J connectivity index is 1.69. The van der Waals surface area contributed by atoms with Crippen molar-refractivity contribution in [1.29, 1.82) is 0 Å². The van der Waals surface area contributed by atoms with Gasteiger partial charge in [-0.25, -0.2) is 4.98 Å². The van der Waals surface area contributed by atoms with Crippen molar-refractivity contribution in [3.63, 3.8) is 0 Å². The van der Waals surface area contributed by atoms with Gasteiger partial charge in [0, 0.05) is 25.8 Å². The third kappa shape index (κ3) is 3.55. The second-order valence-corrected chi connectivity index (χ2v) is 6.94. The van der Waals surface area contributed by atoms with E-state index in [1.54, 1.807) is 6.20 Å². The van der Waals surface area contributed by atoms with Crippen LogP contribution in [-0.2, 0) is 9.53 Å². The van der Waals surface area contributed by atoms with Crippen molar-refractivity contribution in [3.05, 3.63) is 21.8 Å². The topological polar surface area (TPSA) is 45.7 Å². The lowest BCUT2D eigenvalue weighted by atomic mass is 10.1. The van der Waals surface area contributed by atoms with Crippen LogP contribution in [0, 0.1) is 0 Å². The number of pyridine rings is 1. The van der Waals surface area contributed by atoms with Crippen molar-refractivity contribution in [1.82, 2.24) is 9.88 Å². The number of anilines is 1. The molecule has 1 aromatic rings. The second kappa shape index (κ2) is 7.15. The zero-order valence-electron chi connectivity index (χ0n) is 12.3. The van der Waals surface area contributed by atoms with E-state index in [0.717, 1.165) is 42.8 Å². The fourth-order valence-corrected chi connectivity index (χ4v) is 3.84. The second-order valence-electron chi connectivity index (χ2n) is 5.65. The van der Waals surface area contributed by atoms with Crippen LogP contribution in [0.4, 0.5) is 5.82 Å². The summed E-state index contributed by atoms with van der Waals surface area (Å²) in [6.45, 7) is 3.48. The van der Waals surface area contributed by atoms with Gasteiger partial charge in [-0.3, -0.25) is 4.79 Å². The van der Waals surface area contributed by atoms with E-state index in [1.807, 2.05) is 11.0 Å². The first-order valence-corrected chi connectivity index (χ1v) is 8.78. The number of hydrogen-bond acceptors (Lipinski definition) is 4. The molecule has 1 aromatic heterocycles. The standard InChI is InChI=1S/C15H19BrClN3O2/c16-12-8-11(17)9-18-14(12)20-6-7-22-13(10-20)15(21)19-4-2-1-3-5-19/h8-9,13H,1-7,10H2. The Morgan fingerprint density at radius 2 is 2.09 bits per heavy atom. The highest BCUT2D eigenvalue weighted by Gasteiger charge is 2.31. The summed E-state index contributed by atoms with van der Waals surface area (Å²) in [6.07, 6.45) is 4.61. The molecule has 2 fully saturated rings. The van der Waals surface area contributed by atoms with Crippen LogP contribution in [0.2, 0.25) is 5.02 Å². The lowest BCUT2D eigenvalue weighted by Crippen LogP contribution is -2.52. The largest absolute Gasteiger partial charge is 0.365 e. The first-order valence-electron chi connectivity index (χ1n) is 7.61. The monoisotopic (exact) mass is 387 g/mol. The number of carbonyl (C=O) groups is 1. The Hall–Kier alpha value is -0.850. The molecule has 0 spiro atoms. The average molecular weight is 389 g/mol. The van der Waals surface area contributed by atoms with Crippen LogP contribution in [-0.4, -0.2) is 54.7 Å². The molecule has 0 saturated carbocycles. The zero-order valence-corrected chi connectivity index (χ0v) is 14.6. The summed E-state index contributed by atoms with van der Waals surface area (Å²) in [5.41, 5.74) is 0. The van der Waals surface area contributed by atoms with Crippen molar-refractivity contribution in [2.45, 2.75) is 25.4 Å². The van der Waals surface area contributed by atoms with Crippen molar-refractivity contribution in [2.24, 2.45) is 0 Å². The molecular formula is C15H19BrClN3O2. The molecule has 2 aliphatic rings. The summed E-state index contributed by atoms with van der Waals surface area (Å²) in [5, 5.41) is 0.588. The molecule has 0 bridgehead atoms. The van der Waals surface area contributed by atoms with E-state index in [-0.39, 0.29) is 5.91 Å². The molecule has 1 atom stereocenters. The van der Waals surface area contributed by atoms with E-state index in [4.69, 9.17) is 16.3 Å². The van der Waals surface area contributed by atoms with Gasteiger partial charge in [-0.05, 0) is 41.3 Å². The highest BCUT2D eigenvalue weighted by atomic mass is 79.9. The van der Waals surface area contributed by atoms with E-state index in [9.17, 15) is 4.79 Å². The van der Waals surface area contributed by atoms with Crippen LogP contribution in [0.5, 0.6) is 0 Å². The molecule has 7 heteroatoms. The fourth-order valence-electron chi connectivity index (χ4n) is 2.95. The maximum Gasteiger partial charge on any atom is 0.253 e. The van der Waals surface area contributed by atoms with Gasteiger partial charge in [0.2, 0.25) is 0 Å². The van der Waals surface area contributed by atoms with E-state index in [0.29, 0.717) is 18.2 Å². The van der Waals surface area contributed by atoms with E-state index >= 15 is 0 Å². The van der Waals surface area contributed by atoms with Crippen LogP contribution in [0.25, 0.3) is 0 Å². The molecule has 0 radical (unpaired) electrons. The van der Waals surface area contributed by atoms with Crippen molar-refractivity contribution in [2.75, 3.05) is 37.7 Å². The number of ether oxygens (including phenoxy) is 1. The third-order valence-corrected chi connectivity index (χ3v) is 4.89. The number of amides is 1. The van der Waals surface area contributed by atoms with Gasteiger partial charge in [-0.2, -0.15) is 0 Å². The molecule has 1 unspecified atom stereocenters. The molecule has 22 heavy (non-hydrogen) atoms. The summed E-state index contributed by atoms with van der Waals surface area (Å²) in [4.78, 5) is 21.0. The maximum absolute atomic E-state index is 12.6. The Kier molecular flexibility index (Phi) is 5.21. The maximum atomic E-state index is 12.6. The predicted molar refractivity (Wildman–Crippen MR) is 89.3 cm³/mol. The summed E-state index contributed by atoms with van der Waals surface area (Å²) in [7, 11) is 0. The minimum atomic E-state index is -0.406. The predicted octanol–water partition coefficient (Wildman–Crippen LogP) is 2.72. The van der Waals surface area contributed by atoms with Gasteiger partial charge in [-0.1, -0.05) is 11.6 Å². The Morgan fingerprint density at radius 3 is 2.82 bits per heavy atom. The number of rotatable bonds is 2. The van der Waals surface area contributed by atoms with E-state index < -0.39 is 6.10 Å². The minimum Gasteiger partial charge on any atom is -0.365 e. The van der Waals surface area contributed by atoms with E-state index in [2.05, 4.69) is 25.8 Å². The van der Waals surface area contributed by atoms with Crippen LogP contribution in [0.1, 0.15) is 19.3 Å². The van der Waals surface area contributed by atoms with Gasteiger partial charge in [0.25, 0.3) is 5.91 Å². The molecule has 0 aromatic carbocycles. The Bertz CT molecular complexity index is 552. The van der Waals surface area contributed by atoms with Gasteiger partial charge in [0.15, 0.2) is 6.10 Å². The number of likely N-dealkylation sites (tertiary alicyclic amines) is 1. The molecule has 3 rings (SSSR count). The molecule has 2 aliphatic heterocycles. The average Bonchev–Trinajstić information content (AvgIpc) is 2.55. The number of halogens is 2. The van der Waals surface area contributed by atoms with Crippen molar-refractivity contribution < 1.29 is 9.53 Å². The molecule has 5 nitrogen and oxygen atoms in total. The van der Waals surface area contributed by atoms with Gasteiger partial charge in [0.05, 0.1) is 22.6 Å². The molecule has 1 amide bonds. The Labute approximate surface area is 143 Å². The molecule has 0 aliphatic carbocycles. The number of carbonyl (C=O) groups excluding carboxylic acids is 1. The highest BCUT2D eigenvalue weighted by molar-refractivity contribution is 9.10. The van der Waals surface area contributed by atoms with Crippen LogP contribution < -0.4 is 4.90 Å². The zero-order chi connectivity index (χ0) is 15.5. The first-order chi connectivity index (χ1) is 10.6. The lowest BCUT2D eigenvalue weighted by Gasteiger charge is -2.37. The summed E-state index contributed by atoms with van der Waals surface area (Å²) in [6, 6.07) is 1.82. The summed E-state index contributed by atoms with van der Waals surface area (Å²) in [5.74, 6) is 0.915. The number of aromatic nitrogens is 1. The third-order valence-electron chi connectivity index (χ3n) is 4.10. The molecule has 3 heterocycles. The van der Waals surface area contributed by atoms with Crippen molar-refractivity contribution >= 4 is 39.3 Å².